The predicted molar refractivity (Wildman–Crippen MR) is 77.3 cm³/mol. The van der Waals surface area contributed by atoms with Gasteiger partial charge in [-0.25, -0.2) is 17.9 Å². The van der Waals surface area contributed by atoms with Crippen molar-refractivity contribution in [3.8, 4) is 0 Å². The Kier molecular flexibility index (Phi) is 4.85. The van der Waals surface area contributed by atoms with Crippen molar-refractivity contribution in [2.24, 2.45) is 0 Å². The Morgan fingerprint density at radius 1 is 1.35 bits per heavy atom. The lowest BCUT2D eigenvalue weighted by Crippen LogP contribution is -2.34. The minimum absolute atomic E-state index is 0.216. The molecule has 0 bridgehead atoms. The summed E-state index contributed by atoms with van der Waals surface area (Å²) in [5.74, 6) is -0.139. The maximum absolute atomic E-state index is 12.2. The first kappa shape index (κ1) is 17.2. The third-order valence-electron chi connectivity index (χ3n) is 3.20. The molecule has 2 rings (SSSR count). The Morgan fingerprint density at radius 2 is 2.04 bits per heavy atom. The normalized spacial score (nSPS) is 13.0. The van der Waals surface area contributed by atoms with Gasteiger partial charge in [0, 0.05) is 17.7 Å². The van der Waals surface area contributed by atoms with Gasteiger partial charge in [-0.3, -0.25) is 0 Å². The minimum atomic E-state index is -3.95. The summed E-state index contributed by atoms with van der Waals surface area (Å²) < 4.78 is 41.1. The molecule has 0 aliphatic heterocycles. The first-order valence-electron chi connectivity index (χ1n) is 6.73. The van der Waals surface area contributed by atoms with E-state index in [0.717, 1.165) is 18.7 Å². The second kappa shape index (κ2) is 6.50. The molecule has 23 heavy (non-hydrogen) atoms. The van der Waals surface area contributed by atoms with Crippen molar-refractivity contribution < 1.29 is 27.0 Å². The van der Waals surface area contributed by atoms with Crippen molar-refractivity contribution in [1.82, 2.24) is 15.0 Å². The van der Waals surface area contributed by atoms with Crippen LogP contribution < -0.4 is 4.72 Å². The number of sulfonamides is 1. The van der Waals surface area contributed by atoms with Crippen molar-refractivity contribution in [3.05, 3.63) is 28.8 Å². The van der Waals surface area contributed by atoms with Crippen LogP contribution in [0.5, 0.6) is 0 Å². The number of esters is 1. The van der Waals surface area contributed by atoms with Gasteiger partial charge in [-0.2, -0.15) is 0 Å². The van der Waals surface area contributed by atoms with Gasteiger partial charge < -0.3 is 13.8 Å². The third kappa shape index (κ3) is 3.77. The number of aryl methyl sites for hydroxylation is 2. The topological polar surface area (TPSA) is 125 Å². The number of rotatable bonds is 6. The van der Waals surface area contributed by atoms with Crippen LogP contribution in [0.4, 0.5) is 0 Å². The molecule has 0 saturated heterocycles. The standard InChI is InChI=1S/C13H17N3O6S/c1-7(5-10-8(2)14-21-9(10)3)16-23(18,19)12-6-11(15-22-12)13(17)20-4/h6-7,16H,5H2,1-4H3/t7-/m0/s1. The van der Waals surface area contributed by atoms with Gasteiger partial charge >= 0.3 is 5.97 Å². The number of nitrogens with one attached hydrogen (secondary N) is 1. The van der Waals surface area contributed by atoms with Crippen LogP contribution in [-0.2, 0) is 21.2 Å². The Labute approximate surface area is 133 Å². The molecule has 0 fully saturated rings. The second-order valence-corrected chi connectivity index (χ2v) is 6.70. The van der Waals surface area contributed by atoms with E-state index in [2.05, 4.69) is 19.8 Å². The van der Waals surface area contributed by atoms with Crippen LogP contribution in [0.25, 0.3) is 0 Å². The number of ether oxygens (including phenoxy) is 1. The van der Waals surface area contributed by atoms with E-state index in [0.29, 0.717) is 17.9 Å². The first-order chi connectivity index (χ1) is 10.7. The molecule has 1 N–H and O–H groups in total. The highest BCUT2D eigenvalue weighted by Crippen LogP contribution is 2.16. The van der Waals surface area contributed by atoms with Crippen molar-refractivity contribution in [3.63, 3.8) is 0 Å². The summed E-state index contributed by atoms with van der Waals surface area (Å²) in [5.41, 5.74) is 1.33. The molecule has 0 saturated carbocycles. The smallest absolute Gasteiger partial charge is 0.360 e. The molecule has 0 amide bonds. The summed E-state index contributed by atoms with van der Waals surface area (Å²) in [6.45, 7) is 5.24. The maximum Gasteiger partial charge on any atom is 0.360 e. The quantitative estimate of drug-likeness (QED) is 0.769. The summed E-state index contributed by atoms with van der Waals surface area (Å²) in [4.78, 5) is 11.3. The lowest BCUT2D eigenvalue weighted by Gasteiger charge is -2.12. The number of hydrogen-bond acceptors (Lipinski definition) is 8. The van der Waals surface area contributed by atoms with Crippen LogP contribution in [0.3, 0.4) is 0 Å². The average molecular weight is 343 g/mol. The van der Waals surface area contributed by atoms with Crippen LogP contribution in [-0.4, -0.2) is 37.9 Å². The van der Waals surface area contributed by atoms with E-state index < -0.39 is 27.1 Å². The number of methoxy groups -OCH3 is 1. The molecular weight excluding hydrogens is 326 g/mol. The van der Waals surface area contributed by atoms with E-state index in [1.165, 1.54) is 0 Å². The monoisotopic (exact) mass is 343 g/mol. The highest BCUT2D eigenvalue weighted by atomic mass is 32.2. The zero-order valence-corrected chi connectivity index (χ0v) is 13.9. The molecule has 0 unspecified atom stereocenters. The highest BCUT2D eigenvalue weighted by Gasteiger charge is 2.25. The van der Waals surface area contributed by atoms with E-state index in [-0.39, 0.29) is 5.69 Å². The molecule has 0 aliphatic carbocycles. The van der Waals surface area contributed by atoms with Gasteiger partial charge in [0.05, 0.1) is 12.8 Å². The number of carbonyl (C=O) groups is 1. The van der Waals surface area contributed by atoms with Gasteiger partial charge in [0.2, 0.25) is 0 Å². The Hall–Kier alpha value is -2.20. The number of nitrogens with zero attached hydrogens (tertiary/aromatic N) is 2. The van der Waals surface area contributed by atoms with Crippen LogP contribution in [0.1, 0.15) is 34.4 Å². The summed E-state index contributed by atoms with van der Waals surface area (Å²) >= 11 is 0. The van der Waals surface area contributed by atoms with E-state index in [9.17, 15) is 13.2 Å². The molecule has 10 heteroatoms. The van der Waals surface area contributed by atoms with Crippen LogP contribution in [0.15, 0.2) is 20.2 Å². The van der Waals surface area contributed by atoms with E-state index in [1.807, 2.05) is 0 Å². The number of hydrogen-bond donors (Lipinski definition) is 1. The molecule has 0 radical (unpaired) electrons. The van der Waals surface area contributed by atoms with Crippen LogP contribution >= 0.6 is 0 Å². The predicted octanol–water partition coefficient (Wildman–Crippen LogP) is 0.976. The van der Waals surface area contributed by atoms with Crippen LogP contribution in [0, 0.1) is 13.8 Å². The molecule has 126 valence electrons. The number of carbonyl (C=O) groups excluding carboxylic acids is 1. The van der Waals surface area contributed by atoms with Gasteiger partial charge in [-0.15, -0.1) is 0 Å². The minimum Gasteiger partial charge on any atom is -0.464 e. The molecule has 2 aromatic rings. The highest BCUT2D eigenvalue weighted by molar-refractivity contribution is 7.89. The van der Waals surface area contributed by atoms with Crippen molar-refractivity contribution in [2.45, 2.75) is 38.3 Å². The van der Waals surface area contributed by atoms with E-state index in [1.54, 1.807) is 20.8 Å². The van der Waals surface area contributed by atoms with E-state index in [4.69, 9.17) is 9.05 Å². The lowest BCUT2D eigenvalue weighted by atomic mass is 10.1. The third-order valence-corrected chi connectivity index (χ3v) is 4.63. The van der Waals surface area contributed by atoms with Gasteiger partial charge in [0.25, 0.3) is 15.1 Å². The zero-order chi connectivity index (χ0) is 17.2. The number of aromatic nitrogens is 2. The fraction of sp³-hybridized carbons (Fsp3) is 0.462. The molecule has 0 aromatic carbocycles. The molecule has 9 nitrogen and oxygen atoms in total. The molecular formula is C13H17N3O6S. The van der Waals surface area contributed by atoms with Gasteiger partial charge in [-0.05, 0) is 27.2 Å². The fourth-order valence-electron chi connectivity index (χ4n) is 2.05. The summed E-state index contributed by atoms with van der Waals surface area (Å²) in [6, 6.07) is 0.569. The zero-order valence-electron chi connectivity index (χ0n) is 13.1. The SMILES string of the molecule is COC(=O)c1cc(S(=O)(=O)N[C@@H](C)Cc2c(C)noc2C)on1. The first-order valence-corrected chi connectivity index (χ1v) is 8.22. The summed E-state index contributed by atoms with van der Waals surface area (Å²) in [6.07, 6.45) is 0.401. The Balaban J connectivity index is 2.11. The molecule has 2 aromatic heterocycles. The molecule has 1 atom stereocenters. The lowest BCUT2D eigenvalue weighted by molar-refractivity contribution is 0.0588. The van der Waals surface area contributed by atoms with Crippen molar-refractivity contribution in [2.75, 3.05) is 7.11 Å². The fourth-order valence-corrected chi connectivity index (χ4v) is 3.18. The van der Waals surface area contributed by atoms with Crippen molar-refractivity contribution in [1.29, 1.82) is 0 Å². The maximum atomic E-state index is 12.2. The Morgan fingerprint density at radius 3 is 2.61 bits per heavy atom. The van der Waals surface area contributed by atoms with E-state index >= 15 is 0 Å². The molecule has 2 heterocycles. The second-order valence-electron chi connectivity index (χ2n) is 5.05. The van der Waals surface area contributed by atoms with Crippen LogP contribution in [0.2, 0.25) is 0 Å². The molecule has 0 spiro atoms. The Bertz CT molecular complexity index is 788. The summed E-state index contributed by atoms with van der Waals surface area (Å²) in [7, 11) is -2.79. The van der Waals surface area contributed by atoms with Gasteiger partial charge in [0.15, 0.2) is 5.69 Å². The van der Waals surface area contributed by atoms with Gasteiger partial charge in [-0.1, -0.05) is 10.3 Å². The summed E-state index contributed by atoms with van der Waals surface area (Å²) in [5, 5.41) is 6.74. The molecule has 0 aliphatic rings. The largest absolute Gasteiger partial charge is 0.464 e. The van der Waals surface area contributed by atoms with Crippen molar-refractivity contribution >= 4 is 16.0 Å². The van der Waals surface area contributed by atoms with Gasteiger partial charge in [0.1, 0.15) is 5.76 Å². The average Bonchev–Trinajstić information content (AvgIpc) is 3.09.